The van der Waals surface area contributed by atoms with Crippen LogP contribution in [0.3, 0.4) is 0 Å². The number of hydrogen-bond donors (Lipinski definition) is 0. The van der Waals surface area contributed by atoms with Gasteiger partial charge in [-0.15, -0.1) is 10.2 Å². The Morgan fingerprint density at radius 1 is 1.38 bits per heavy atom. The molecule has 1 heterocycles. The fourth-order valence-electron chi connectivity index (χ4n) is 1.47. The number of carbonyl (C=O) groups is 1. The molecule has 5 nitrogen and oxygen atoms in total. The van der Waals surface area contributed by atoms with Crippen LogP contribution < -0.4 is 0 Å². The average Bonchev–Trinajstić information content (AvgIpc) is 2.84. The van der Waals surface area contributed by atoms with Gasteiger partial charge in [0.15, 0.2) is 6.61 Å². The third-order valence-electron chi connectivity index (χ3n) is 2.38. The average molecular weight is 321 g/mol. The molecule has 0 aliphatic carbocycles. The first kappa shape index (κ1) is 15.3. The predicted molar refractivity (Wildman–Crippen MR) is 65.2 cm³/mol. The molecule has 112 valence electrons. The summed E-state index contributed by atoms with van der Waals surface area (Å²) in [6, 6.07) is 3.22. The monoisotopic (exact) mass is 320 g/mol. The van der Waals surface area contributed by atoms with Crippen molar-refractivity contribution in [3.8, 4) is 11.5 Å². The molecular weight excluding hydrogens is 313 g/mol. The molecule has 0 saturated heterocycles. The summed E-state index contributed by atoms with van der Waals surface area (Å²) >= 11 is 5.51. The van der Waals surface area contributed by atoms with Gasteiger partial charge in [0.05, 0.1) is 10.6 Å². The quantitative estimate of drug-likeness (QED) is 0.810. The third kappa shape index (κ3) is 3.72. The topological polar surface area (TPSA) is 65.2 Å². The second-order valence-corrected chi connectivity index (χ2v) is 4.38. The first-order chi connectivity index (χ1) is 9.77. The number of benzene rings is 1. The molecule has 21 heavy (non-hydrogen) atoms. The van der Waals surface area contributed by atoms with E-state index >= 15 is 0 Å². The van der Waals surface area contributed by atoms with Crippen molar-refractivity contribution in [3.63, 3.8) is 0 Å². The van der Waals surface area contributed by atoms with E-state index in [1.807, 2.05) is 0 Å². The number of nitrogens with zero attached hydrogens (tertiary/aromatic N) is 2. The summed E-state index contributed by atoms with van der Waals surface area (Å²) in [7, 11) is 0. The normalized spacial score (nSPS) is 11.5. The summed E-state index contributed by atoms with van der Waals surface area (Å²) in [5, 5.41) is 6.74. The lowest BCUT2D eigenvalue weighted by Gasteiger charge is -2.09. The predicted octanol–water partition coefficient (Wildman–Crippen LogP) is 3.47. The van der Waals surface area contributed by atoms with Gasteiger partial charge in [0.25, 0.3) is 5.89 Å². The Morgan fingerprint density at radius 3 is 2.71 bits per heavy atom. The molecule has 0 fully saturated rings. The molecule has 0 atom stereocenters. The van der Waals surface area contributed by atoms with Gasteiger partial charge < -0.3 is 9.15 Å². The van der Waals surface area contributed by atoms with Crippen molar-refractivity contribution in [3.05, 3.63) is 34.7 Å². The van der Waals surface area contributed by atoms with Gasteiger partial charge in [-0.1, -0.05) is 11.6 Å². The Morgan fingerprint density at radius 2 is 2.10 bits per heavy atom. The molecule has 0 unspecified atom stereocenters. The Balaban J connectivity index is 2.28. The molecule has 2 rings (SSSR count). The Hall–Kier alpha value is -2.09. The summed E-state index contributed by atoms with van der Waals surface area (Å²) in [5.74, 6) is -0.691. The van der Waals surface area contributed by atoms with Crippen LogP contribution in [-0.4, -0.2) is 16.2 Å². The minimum absolute atomic E-state index is 0.0243. The lowest BCUT2D eigenvalue weighted by Crippen LogP contribution is -2.05. The van der Waals surface area contributed by atoms with Crippen LogP contribution in [0.1, 0.15) is 18.4 Å². The number of alkyl halides is 3. The van der Waals surface area contributed by atoms with E-state index in [-0.39, 0.29) is 24.0 Å². The molecule has 9 heteroatoms. The van der Waals surface area contributed by atoms with Crippen LogP contribution in [0.4, 0.5) is 13.2 Å². The molecule has 0 N–H and O–H groups in total. The van der Waals surface area contributed by atoms with Crippen LogP contribution in [0.25, 0.3) is 11.5 Å². The van der Waals surface area contributed by atoms with E-state index in [4.69, 9.17) is 16.0 Å². The van der Waals surface area contributed by atoms with Gasteiger partial charge in [0.2, 0.25) is 5.89 Å². The van der Waals surface area contributed by atoms with Crippen LogP contribution in [-0.2, 0) is 22.3 Å². The Bertz CT molecular complexity index is 670. The fraction of sp³-hybridized carbons (Fsp3) is 0.250. The summed E-state index contributed by atoms with van der Waals surface area (Å²) in [6.45, 7) is 0.953. The summed E-state index contributed by atoms with van der Waals surface area (Å²) in [4.78, 5) is 10.6. The Kier molecular flexibility index (Phi) is 4.17. The second-order valence-electron chi connectivity index (χ2n) is 3.97. The van der Waals surface area contributed by atoms with Gasteiger partial charge in [-0.3, -0.25) is 4.79 Å². The molecule has 0 saturated carbocycles. The highest BCUT2D eigenvalue weighted by Gasteiger charge is 2.33. The van der Waals surface area contributed by atoms with E-state index in [0.29, 0.717) is 0 Å². The van der Waals surface area contributed by atoms with Crippen LogP contribution in [0.15, 0.2) is 22.6 Å². The van der Waals surface area contributed by atoms with Crippen LogP contribution in [0, 0.1) is 0 Å². The molecule has 1 aromatic carbocycles. The van der Waals surface area contributed by atoms with Crippen molar-refractivity contribution in [2.24, 2.45) is 0 Å². The number of carbonyl (C=O) groups excluding carboxylic acids is 1. The molecule has 0 aliphatic rings. The fourth-order valence-corrected chi connectivity index (χ4v) is 1.69. The first-order valence-corrected chi connectivity index (χ1v) is 5.98. The minimum atomic E-state index is -4.59. The molecule has 0 amide bonds. The summed E-state index contributed by atoms with van der Waals surface area (Å²) in [5.41, 5.74) is -0.935. The molecular formula is C12H8ClF3N2O3. The molecule has 0 radical (unpaired) electrons. The van der Waals surface area contributed by atoms with Crippen LogP contribution >= 0.6 is 11.6 Å². The van der Waals surface area contributed by atoms with Gasteiger partial charge in [0.1, 0.15) is 0 Å². The number of ether oxygens (including phenoxy) is 1. The zero-order chi connectivity index (χ0) is 15.6. The van der Waals surface area contributed by atoms with Crippen molar-refractivity contribution in [1.82, 2.24) is 10.2 Å². The largest absolute Gasteiger partial charge is 0.456 e. The van der Waals surface area contributed by atoms with Gasteiger partial charge in [-0.2, -0.15) is 13.2 Å². The first-order valence-electron chi connectivity index (χ1n) is 5.60. The number of hydrogen-bond acceptors (Lipinski definition) is 5. The smallest absolute Gasteiger partial charge is 0.417 e. The maximum absolute atomic E-state index is 12.8. The van der Waals surface area contributed by atoms with Gasteiger partial charge >= 0.3 is 12.1 Å². The van der Waals surface area contributed by atoms with Crippen molar-refractivity contribution in [2.75, 3.05) is 0 Å². The molecule has 0 spiro atoms. The van der Waals surface area contributed by atoms with E-state index in [2.05, 4.69) is 14.9 Å². The number of aromatic nitrogens is 2. The minimum Gasteiger partial charge on any atom is -0.456 e. The van der Waals surface area contributed by atoms with Gasteiger partial charge in [-0.25, -0.2) is 0 Å². The Labute approximate surface area is 121 Å². The maximum atomic E-state index is 12.8. The van der Waals surface area contributed by atoms with Crippen molar-refractivity contribution in [1.29, 1.82) is 0 Å². The zero-order valence-electron chi connectivity index (χ0n) is 10.6. The van der Waals surface area contributed by atoms with E-state index < -0.39 is 22.7 Å². The maximum Gasteiger partial charge on any atom is 0.417 e. The molecule has 0 aliphatic heterocycles. The standard InChI is InChI=1S/C12H8ClF3N2O3/c1-6(19)20-5-10-17-18-11(21-10)7-2-3-9(13)8(4-7)12(14,15)16/h2-4H,5H2,1H3. The van der Waals surface area contributed by atoms with Crippen molar-refractivity contribution < 1.29 is 27.1 Å². The van der Waals surface area contributed by atoms with Crippen LogP contribution in [0.2, 0.25) is 5.02 Å². The molecule has 2 aromatic rings. The number of halogens is 4. The highest BCUT2D eigenvalue weighted by molar-refractivity contribution is 6.31. The van der Waals surface area contributed by atoms with Gasteiger partial charge in [0, 0.05) is 12.5 Å². The zero-order valence-corrected chi connectivity index (χ0v) is 11.3. The van der Waals surface area contributed by atoms with Crippen molar-refractivity contribution >= 4 is 17.6 Å². The third-order valence-corrected chi connectivity index (χ3v) is 2.71. The summed E-state index contributed by atoms with van der Waals surface area (Å²) < 4.78 is 48.0. The molecule has 0 bridgehead atoms. The number of rotatable bonds is 3. The van der Waals surface area contributed by atoms with Crippen molar-refractivity contribution in [2.45, 2.75) is 19.7 Å². The molecule has 1 aromatic heterocycles. The SMILES string of the molecule is CC(=O)OCc1nnc(-c2ccc(Cl)c(C(F)(F)F)c2)o1. The lowest BCUT2D eigenvalue weighted by molar-refractivity contribution is -0.143. The second kappa shape index (κ2) is 5.72. The highest BCUT2D eigenvalue weighted by Crippen LogP contribution is 2.36. The summed E-state index contributed by atoms with van der Waals surface area (Å²) in [6.07, 6.45) is -4.59. The van der Waals surface area contributed by atoms with E-state index in [1.165, 1.54) is 13.0 Å². The van der Waals surface area contributed by atoms with E-state index in [1.54, 1.807) is 0 Å². The van der Waals surface area contributed by atoms with E-state index in [9.17, 15) is 18.0 Å². The van der Waals surface area contributed by atoms with Crippen LogP contribution in [0.5, 0.6) is 0 Å². The van der Waals surface area contributed by atoms with E-state index in [0.717, 1.165) is 12.1 Å². The number of esters is 1. The van der Waals surface area contributed by atoms with Gasteiger partial charge in [-0.05, 0) is 18.2 Å². The highest BCUT2D eigenvalue weighted by atomic mass is 35.5. The lowest BCUT2D eigenvalue weighted by atomic mass is 10.1.